The molecule has 0 saturated heterocycles. The highest BCUT2D eigenvalue weighted by molar-refractivity contribution is 6.32. The highest BCUT2D eigenvalue weighted by Gasteiger charge is 2.37. The molecule has 2 aromatic heterocycles. The zero-order valence-electron chi connectivity index (χ0n) is 14.4. The number of fused-ring (bicyclic) bond motifs is 1. The summed E-state index contributed by atoms with van der Waals surface area (Å²) in [5.74, 6) is 0.357. The quantitative estimate of drug-likeness (QED) is 0.657. The van der Waals surface area contributed by atoms with Gasteiger partial charge in [0, 0.05) is 19.1 Å². The first-order valence-corrected chi connectivity index (χ1v) is 8.62. The first-order chi connectivity index (χ1) is 13.3. The van der Waals surface area contributed by atoms with Crippen molar-refractivity contribution in [2.45, 2.75) is 32.2 Å². The predicted molar refractivity (Wildman–Crippen MR) is 91.3 cm³/mol. The summed E-state index contributed by atoms with van der Waals surface area (Å²) in [6.45, 7) is 2.06. The van der Waals surface area contributed by atoms with Crippen molar-refractivity contribution in [2.75, 3.05) is 0 Å². The van der Waals surface area contributed by atoms with E-state index >= 15 is 0 Å². The van der Waals surface area contributed by atoms with Crippen molar-refractivity contribution in [1.29, 1.82) is 0 Å². The van der Waals surface area contributed by atoms with E-state index in [9.17, 15) is 18.0 Å². The first-order valence-electron chi connectivity index (χ1n) is 8.25. The van der Waals surface area contributed by atoms with Crippen LogP contribution in [-0.2, 0) is 19.3 Å². The number of alkyl halides is 3. The van der Waals surface area contributed by atoms with Crippen LogP contribution in [0.1, 0.15) is 28.7 Å². The maximum Gasteiger partial charge on any atom is 0.417 e. The van der Waals surface area contributed by atoms with Crippen LogP contribution in [0.4, 0.5) is 13.2 Å². The Kier molecular flexibility index (Phi) is 4.37. The molecule has 0 fully saturated rings. The largest absolute Gasteiger partial charge is 0.440 e. The van der Waals surface area contributed by atoms with Gasteiger partial charge in [-0.1, -0.05) is 23.7 Å². The minimum Gasteiger partial charge on any atom is -0.440 e. The highest BCUT2D eigenvalue weighted by atomic mass is 35.5. The number of carbonyl (C=O) groups excluding carboxylic acids is 1. The van der Waals surface area contributed by atoms with Crippen LogP contribution in [0.2, 0.25) is 5.02 Å². The van der Waals surface area contributed by atoms with Crippen molar-refractivity contribution < 1.29 is 22.4 Å². The number of rotatable bonds is 3. The Morgan fingerprint density at radius 3 is 2.71 bits per heavy atom. The van der Waals surface area contributed by atoms with Gasteiger partial charge in [-0.2, -0.15) is 13.2 Å². The zero-order valence-corrected chi connectivity index (χ0v) is 15.2. The third-order valence-corrected chi connectivity index (χ3v) is 5.01. The number of hydrogen-bond acceptors (Lipinski definition) is 5. The smallest absolute Gasteiger partial charge is 0.417 e. The summed E-state index contributed by atoms with van der Waals surface area (Å²) in [5, 5.41) is 7.50. The van der Waals surface area contributed by atoms with E-state index < -0.39 is 22.7 Å². The van der Waals surface area contributed by atoms with E-state index in [1.165, 1.54) is 29.6 Å². The minimum absolute atomic E-state index is 0.0761. The normalized spacial score (nSPS) is 17.1. The second-order valence-corrected chi connectivity index (χ2v) is 6.76. The lowest BCUT2D eigenvalue weighted by atomic mass is 10.1. The molecule has 0 radical (unpaired) electrons. The number of benzene rings is 1. The molecule has 3 heterocycles. The average Bonchev–Trinajstić information content (AvgIpc) is 3.28. The van der Waals surface area contributed by atoms with Gasteiger partial charge in [-0.05, 0) is 18.6 Å². The SMILES string of the molecule is CC1Cn2c(nnc2-c2cnco2)C(=O)N1Cc1cccc(C(F)(F)F)c1Cl. The molecule has 4 rings (SSSR count). The molecule has 3 aromatic rings. The van der Waals surface area contributed by atoms with E-state index in [0.29, 0.717) is 18.1 Å². The summed E-state index contributed by atoms with van der Waals surface area (Å²) in [5.41, 5.74) is -0.723. The van der Waals surface area contributed by atoms with Crippen LogP contribution in [0.3, 0.4) is 0 Å². The van der Waals surface area contributed by atoms with Crippen molar-refractivity contribution in [3.8, 4) is 11.6 Å². The first kappa shape index (κ1) is 18.5. The molecule has 11 heteroatoms. The van der Waals surface area contributed by atoms with Crippen LogP contribution in [0, 0.1) is 0 Å². The van der Waals surface area contributed by atoms with Crippen LogP contribution in [0.5, 0.6) is 0 Å². The molecule has 0 aliphatic carbocycles. The van der Waals surface area contributed by atoms with Crippen molar-refractivity contribution in [1.82, 2.24) is 24.6 Å². The molecule has 0 N–H and O–H groups in total. The molecular formula is C17H13ClF3N5O2. The van der Waals surface area contributed by atoms with Crippen LogP contribution in [0.15, 0.2) is 35.2 Å². The monoisotopic (exact) mass is 411 g/mol. The fourth-order valence-corrected chi connectivity index (χ4v) is 3.46. The maximum absolute atomic E-state index is 13.1. The van der Waals surface area contributed by atoms with Crippen LogP contribution < -0.4 is 0 Å². The fraction of sp³-hybridized carbons (Fsp3) is 0.294. The van der Waals surface area contributed by atoms with E-state index in [1.54, 1.807) is 11.5 Å². The van der Waals surface area contributed by atoms with Crippen molar-refractivity contribution in [3.05, 3.63) is 52.8 Å². The lowest BCUT2D eigenvalue weighted by Crippen LogP contribution is -2.46. The number of hydrogen-bond donors (Lipinski definition) is 0. The summed E-state index contributed by atoms with van der Waals surface area (Å²) in [4.78, 5) is 18.1. The molecule has 7 nitrogen and oxygen atoms in total. The highest BCUT2D eigenvalue weighted by Crippen LogP contribution is 2.37. The van der Waals surface area contributed by atoms with Gasteiger partial charge in [0.15, 0.2) is 12.2 Å². The van der Waals surface area contributed by atoms with E-state index in [4.69, 9.17) is 16.0 Å². The Hall–Kier alpha value is -2.88. The van der Waals surface area contributed by atoms with Gasteiger partial charge in [0.25, 0.3) is 5.91 Å². The lowest BCUT2D eigenvalue weighted by molar-refractivity contribution is -0.137. The third-order valence-electron chi connectivity index (χ3n) is 4.56. The molecule has 28 heavy (non-hydrogen) atoms. The van der Waals surface area contributed by atoms with E-state index in [0.717, 1.165) is 6.07 Å². The Morgan fingerprint density at radius 2 is 2.04 bits per heavy atom. The summed E-state index contributed by atoms with van der Waals surface area (Å²) < 4.78 is 46.1. The number of oxazole rings is 1. The second kappa shape index (κ2) is 6.62. The molecule has 1 atom stereocenters. The van der Waals surface area contributed by atoms with Crippen molar-refractivity contribution in [3.63, 3.8) is 0 Å². The maximum atomic E-state index is 13.1. The molecule has 0 bridgehead atoms. The molecule has 1 unspecified atom stereocenters. The number of nitrogens with zero attached hydrogens (tertiary/aromatic N) is 5. The average molecular weight is 412 g/mol. The second-order valence-electron chi connectivity index (χ2n) is 6.38. The number of halogens is 4. The van der Waals surface area contributed by atoms with Gasteiger partial charge in [0.1, 0.15) is 0 Å². The van der Waals surface area contributed by atoms with Crippen molar-refractivity contribution in [2.24, 2.45) is 0 Å². The third kappa shape index (κ3) is 3.03. The van der Waals surface area contributed by atoms with Crippen LogP contribution in [-0.4, -0.2) is 36.6 Å². The van der Waals surface area contributed by atoms with Gasteiger partial charge in [-0.25, -0.2) is 4.98 Å². The Morgan fingerprint density at radius 1 is 1.29 bits per heavy atom. The summed E-state index contributed by atoms with van der Waals surface area (Å²) in [6.07, 6.45) is -1.87. The number of carbonyl (C=O) groups is 1. The number of amides is 1. The topological polar surface area (TPSA) is 77.0 Å². The molecule has 1 aliphatic rings. The fourth-order valence-electron chi connectivity index (χ4n) is 3.17. The molecule has 1 aromatic carbocycles. The Bertz CT molecular complexity index is 1030. The number of aromatic nitrogens is 4. The molecule has 0 spiro atoms. The van der Waals surface area contributed by atoms with Crippen LogP contribution >= 0.6 is 11.6 Å². The Labute approximate surface area is 161 Å². The van der Waals surface area contributed by atoms with Gasteiger partial charge in [0.05, 0.1) is 16.8 Å². The van der Waals surface area contributed by atoms with Gasteiger partial charge in [-0.3, -0.25) is 9.36 Å². The lowest BCUT2D eigenvalue weighted by Gasteiger charge is -2.34. The predicted octanol–water partition coefficient (Wildman–Crippen LogP) is 3.65. The van der Waals surface area contributed by atoms with Gasteiger partial charge in [0.2, 0.25) is 11.6 Å². The summed E-state index contributed by atoms with van der Waals surface area (Å²) in [7, 11) is 0. The van der Waals surface area contributed by atoms with Gasteiger partial charge >= 0.3 is 6.18 Å². The summed E-state index contributed by atoms with van der Waals surface area (Å²) >= 11 is 5.97. The Balaban J connectivity index is 1.66. The summed E-state index contributed by atoms with van der Waals surface area (Å²) in [6, 6.07) is 3.32. The molecule has 146 valence electrons. The van der Waals surface area contributed by atoms with Gasteiger partial charge < -0.3 is 9.32 Å². The standard InChI is InChI=1S/C17H13ClF3N5O2/c1-9-6-26-14(12-5-22-8-28-12)23-24-15(26)16(27)25(9)7-10-3-2-4-11(13(10)18)17(19,20)21/h2-5,8-9H,6-7H2,1H3. The zero-order chi connectivity index (χ0) is 20.1. The van der Waals surface area contributed by atoms with Crippen LogP contribution in [0.25, 0.3) is 11.6 Å². The molecule has 0 saturated carbocycles. The van der Waals surface area contributed by atoms with Gasteiger partial charge in [-0.15, -0.1) is 10.2 Å². The van der Waals surface area contributed by atoms with E-state index in [2.05, 4.69) is 15.2 Å². The molecule has 1 amide bonds. The van der Waals surface area contributed by atoms with Crippen molar-refractivity contribution >= 4 is 17.5 Å². The minimum atomic E-state index is -4.57. The van der Waals surface area contributed by atoms with E-state index in [-0.39, 0.29) is 24.0 Å². The molecule has 1 aliphatic heterocycles. The molecular weight excluding hydrogens is 399 g/mol. The van der Waals surface area contributed by atoms with E-state index in [1.807, 2.05) is 0 Å².